The second kappa shape index (κ2) is 8.43. The first-order valence-corrected chi connectivity index (χ1v) is 9.24. The molecule has 0 aliphatic carbocycles. The molecule has 0 bridgehead atoms. The Morgan fingerprint density at radius 1 is 1.28 bits per heavy atom. The highest BCUT2D eigenvalue weighted by Gasteiger charge is 2.16. The molecular formula is C18H18BrN5O5. The highest BCUT2D eigenvalue weighted by molar-refractivity contribution is 9.10. The zero-order chi connectivity index (χ0) is 21.1. The van der Waals surface area contributed by atoms with E-state index < -0.39 is 5.97 Å². The molecule has 10 nitrogen and oxygen atoms in total. The highest BCUT2D eigenvalue weighted by Crippen LogP contribution is 2.21. The van der Waals surface area contributed by atoms with Crippen molar-refractivity contribution in [2.75, 3.05) is 14.2 Å². The van der Waals surface area contributed by atoms with Crippen molar-refractivity contribution in [3.8, 4) is 5.75 Å². The normalized spacial score (nSPS) is 10.8. The van der Waals surface area contributed by atoms with E-state index in [4.69, 9.17) is 9.47 Å². The summed E-state index contributed by atoms with van der Waals surface area (Å²) >= 11 is 3.23. The van der Waals surface area contributed by atoms with Crippen LogP contribution in [0.2, 0.25) is 0 Å². The van der Waals surface area contributed by atoms with Crippen LogP contribution in [0.5, 0.6) is 5.75 Å². The van der Waals surface area contributed by atoms with Gasteiger partial charge >= 0.3 is 5.97 Å². The van der Waals surface area contributed by atoms with Crippen molar-refractivity contribution < 1.29 is 19.1 Å². The molecule has 0 aliphatic heterocycles. The third kappa shape index (κ3) is 4.14. The van der Waals surface area contributed by atoms with E-state index >= 15 is 0 Å². The molecule has 0 fully saturated rings. The molecule has 0 aliphatic rings. The zero-order valence-corrected chi connectivity index (χ0v) is 17.5. The van der Waals surface area contributed by atoms with Gasteiger partial charge in [0.15, 0.2) is 5.65 Å². The molecule has 1 N–H and O–H groups in total. The lowest BCUT2D eigenvalue weighted by Crippen LogP contribution is -2.32. The number of aromatic nitrogens is 4. The van der Waals surface area contributed by atoms with Crippen LogP contribution in [0, 0.1) is 0 Å². The maximum Gasteiger partial charge on any atom is 0.341 e. The fourth-order valence-corrected chi connectivity index (χ4v) is 3.38. The van der Waals surface area contributed by atoms with Gasteiger partial charge in [-0.25, -0.2) is 14.5 Å². The molecule has 0 radical (unpaired) electrons. The molecule has 29 heavy (non-hydrogen) atoms. The summed E-state index contributed by atoms with van der Waals surface area (Å²) in [6, 6.07) is 4.92. The van der Waals surface area contributed by atoms with Crippen LogP contribution in [0.15, 0.2) is 33.9 Å². The average molecular weight is 464 g/mol. The van der Waals surface area contributed by atoms with Crippen LogP contribution in [0.3, 0.4) is 0 Å². The maximum atomic E-state index is 12.6. The molecule has 1 aromatic carbocycles. The van der Waals surface area contributed by atoms with Crippen molar-refractivity contribution >= 4 is 38.8 Å². The number of carbonyl (C=O) groups is 2. The van der Waals surface area contributed by atoms with E-state index in [1.54, 1.807) is 25.2 Å². The van der Waals surface area contributed by atoms with Crippen LogP contribution < -0.4 is 15.6 Å². The molecule has 0 atom stereocenters. The Balaban J connectivity index is 1.73. The van der Waals surface area contributed by atoms with E-state index in [-0.39, 0.29) is 30.1 Å². The number of methoxy groups -OCH3 is 2. The second-order valence-electron chi connectivity index (χ2n) is 6.09. The molecule has 0 saturated heterocycles. The van der Waals surface area contributed by atoms with E-state index in [1.165, 1.54) is 29.8 Å². The zero-order valence-electron chi connectivity index (χ0n) is 15.9. The predicted octanol–water partition coefficient (Wildman–Crippen LogP) is 1.00. The number of fused-ring (bicyclic) bond motifs is 1. The largest absolute Gasteiger partial charge is 0.496 e. The van der Waals surface area contributed by atoms with Crippen LogP contribution in [0.4, 0.5) is 0 Å². The van der Waals surface area contributed by atoms with Gasteiger partial charge in [0.1, 0.15) is 34.2 Å². The number of rotatable bonds is 6. The highest BCUT2D eigenvalue weighted by atomic mass is 79.9. The first kappa shape index (κ1) is 20.5. The number of carbonyl (C=O) groups excluding carboxylic acids is 2. The van der Waals surface area contributed by atoms with Crippen LogP contribution >= 0.6 is 15.9 Å². The van der Waals surface area contributed by atoms with Crippen molar-refractivity contribution in [3.63, 3.8) is 0 Å². The summed E-state index contributed by atoms with van der Waals surface area (Å²) in [5, 5.41) is 7.12. The van der Waals surface area contributed by atoms with Gasteiger partial charge in [-0.05, 0) is 33.6 Å². The Morgan fingerprint density at radius 3 is 2.72 bits per heavy atom. The Bertz CT molecular complexity index is 1150. The van der Waals surface area contributed by atoms with Gasteiger partial charge in [0, 0.05) is 13.6 Å². The molecule has 0 unspecified atom stereocenters. The molecule has 3 rings (SSSR count). The van der Waals surface area contributed by atoms with Crippen molar-refractivity contribution in [1.82, 2.24) is 24.6 Å². The van der Waals surface area contributed by atoms with Crippen LogP contribution in [-0.4, -0.2) is 45.4 Å². The minimum atomic E-state index is -0.539. The van der Waals surface area contributed by atoms with Gasteiger partial charge in [-0.3, -0.25) is 14.2 Å². The van der Waals surface area contributed by atoms with Crippen LogP contribution in [0.25, 0.3) is 11.0 Å². The van der Waals surface area contributed by atoms with Gasteiger partial charge in [-0.2, -0.15) is 5.10 Å². The topological polar surface area (TPSA) is 117 Å². The molecule has 3 aromatic rings. The van der Waals surface area contributed by atoms with Gasteiger partial charge in [0.2, 0.25) is 5.91 Å². The smallest absolute Gasteiger partial charge is 0.341 e. The minimum Gasteiger partial charge on any atom is -0.496 e. The third-order valence-electron chi connectivity index (χ3n) is 4.24. The lowest BCUT2D eigenvalue weighted by Gasteiger charge is -2.11. The summed E-state index contributed by atoms with van der Waals surface area (Å²) in [7, 11) is 4.40. The Morgan fingerprint density at radius 2 is 2.03 bits per heavy atom. The summed E-state index contributed by atoms with van der Waals surface area (Å²) in [6.07, 6.45) is 1.31. The average Bonchev–Trinajstić information content (AvgIpc) is 3.01. The number of halogens is 1. The molecule has 2 aromatic heterocycles. The first-order chi connectivity index (χ1) is 13.8. The molecule has 0 spiro atoms. The minimum absolute atomic E-state index is 0.161. The lowest BCUT2D eigenvalue weighted by molar-refractivity contribution is -0.121. The molecular weight excluding hydrogens is 446 g/mol. The van der Waals surface area contributed by atoms with Gasteiger partial charge in [0.05, 0.1) is 14.2 Å². The number of hydrogen-bond acceptors (Lipinski definition) is 7. The van der Waals surface area contributed by atoms with Crippen LogP contribution in [-0.2, 0) is 29.7 Å². The maximum absolute atomic E-state index is 12.6. The van der Waals surface area contributed by atoms with E-state index in [2.05, 4.69) is 31.3 Å². The summed E-state index contributed by atoms with van der Waals surface area (Å²) in [6.45, 7) is -0.0447. The molecule has 152 valence electrons. The number of ether oxygens (including phenoxy) is 2. The van der Waals surface area contributed by atoms with E-state index in [0.29, 0.717) is 26.9 Å². The van der Waals surface area contributed by atoms with E-state index in [9.17, 15) is 14.4 Å². The van der Waals surface area contributed by atoms with E-state index in [0.717, 1.165) is 0 Å². The Hall–Kier alpha value is -3.21. The fraction of sp³-hybridized carbons (Fsp3) is 0.278. The van der Waals surface area contributed by atoms with Gasteiger partial charge in [-0.1, -0.05) is 6.07 Å². The molecule has 11 heteroatoms. The number of nitrogens with zero attached hydrogens (tertiary/aromatic N) is 4. The fourth-order valence-electron chi connectivity index (χ4n) is 2.79. The van der Waals surface area contributed by atoms with Crippen molar-refractivity contribution in [3.05, 3.63) is 50.6 Å². The van der Waals surface area contributed by atoms with E-state index in [1.807, 2.05) is 0 Å². The molecule has 0 saturated carbocycles. The number of benzene rings is 1. The summed E-state index contributed by atoms with van der Waals surface area (Å²) < 4.78 is 12.9. The number of amides is 1. The number of nitrogens with one attached hydrogen (secondary N) is 1. The van der Waals surface area contributed by atoms with Gasteiger partial charge in [0.25, 0.3) is 5.56 Å². The number of aryl methyl sites for hydroxylation is 1. The number of hydrogen-bond donors (Lipinski definition) is 1. The van der Waals surface area contributed by atoms with Crippen LogP contribution in [0.1, 0.15) is 15.9 Å². The van der Waals surface area contributed by atoms with Crippen molar-refractivity contribution in [1.29, 1.82) is 0 Å². The summed E-state index contributed by atoms with van der Waals surface area (Å²) in [4.78, 5) is 40.9. The predicted molar refractivity (Wildman–Crippen MR) is 107 cm³/mol. The Labute approximate surface area is 173 Å². The standard InChI is InChI=1S/C18H18BrN5O5/c1-23-16-14(15(19)22-23)17(26)24(9-21-16)8-13(25)20-7-10-4-5-12(28-2)11(6-10)18(27)29-3/h4-6,9H,7-8H2,1-3H3,(H,20,25). The molecule has 1 amide bonds. The quantitative estimate of drug-likeness (QED) is 0.541. The monoisotopic (exact) mass is 463 g/mol. The summed E-state index contributed by atoms with van der Waals surface area (Å²) in [5.74, 6) is -0.549. The first-order valence-electron chi connectivity index (χ1n) is 8.45. The van der Waals surface area contributed by atoms with Gasteiger partial charge < -0.3 is 14.8 Å². The Kier molecular flexibility index (Phi) is 5.97. The van der Waals surface area contributed by atoms with Crippen molar-refractivity contribution in [2.24, 2.45) is 7.05 Å². The van der Waals surface area contributed by atoms with Crippen molar-refractivity contribution in [2.45, 2.75) is 13.1 Å². The second-order valence-corrected chi connectivity index (χ2v) is 6.84. The van der Waals surface area contributed by atoms with Gasteiger partial charge in [-0.15, -0.1) is 0 Å². The lowest BCUT2D eigenvalue weighted by atomic mass is 10.1. The SMILES string of the molecule is COC(=O)c1cc(CNC(=O)Cn2cnc3c(c(Br)nn3C)c2=O)ccc1OC. The third-order valence-corrected chi connectivity index (χ3v) is 4.80. The molecule has 2 heterocycles. The summed E-state index contributed by atoms with van der Waals surface area (Å²) in [5.41, 5.74) is 0.985. The number of esters is 1.